The summed E-state index contributed by atoms with van der Waals surface area (Å²) in [7, 11) is -2.54. The van der Waals surface area contributed by atoms with Crippen LogP contribution in [0.15, 0.2) is 194 Å². The molecule has 14 rings (SSSR count). The number of rotatable bonds is 60. The Balaban J connectivity index is 1.14. The van der Waals surface area contributed by atoms with Crippen molar-refractivity contribution in [3.63, 3.8) is 0 Å². The first-order valence-corrected chi connectivity index (χ1v) is 63.4. The first-order valence-electron chi connectivity index (χ1n) is 60.5. The molecule has 14 aromatic carbocycles. The number of benzene rings is 14. The molecule has 0 heterocycles. The van der Waals surface area contributed by atoms with Crippen molar-refractivity contribution in [1.29, 1.82) is 0 Å². The molecule has 0 aromatic heterocycles. The van der Waals surface area contributed by atoms with Crippen molar-refractivity contribution >= 4 is 100 Å². The van der Waals surface area contributed by atoms with Crippen LogP contribution >= 0.6 is 0 Å². The van der Waals surface area contributed by atoms with Crippen molar-refractivity contribution in [3.05, 3.63) is 255 Å². The molecule has 4 nitrogen and oxygen atoms in total. The molecule has 8 unspecified atom stereocenters. The average Bonchev–Trinajstić information content (AvgIpc) is 0.736. The maximum atomic E-state index is 15.3. The van der Waals surface area contributed by atoms with Gasteiger partial charge in [0.05, 0.1) is 19.8 Å². The van der Waals surface area contributed by atoms with E-state index in [9.17, 15) is 0 Å². The Kier molecular flexibility index (Phi) is 42.8. The van der Waals surface area contributed by atoms with E-state index in [1.165, 1.54) is 313 Å². The molecule has 0 fully saturated rings. The zero-order valence-electron chi connectivity index (χ0n) is 96.6. The summed E-state index contributed by atoms with van der Waals surface area (Å²) in [5.41, 5.74) is 24.0. The van der Waals surface area contributed by atoms with Gasteiger partial charge in [0.1, 0.15) is 5.75 Å². The van der Waals surface area contributed by atoms with Gasteiger partial charge in [-0.15, -0.1) is 0 Å². The third-order valence-electron chi connectivity index (χ3n) is 36.0. The maximum Gasteiger partial charge on any atom is 0.308 e. The predicted octanol–water partition coefficient (Wildman–Crippen LogP) is 43.8. The van der Waals surface area contributed by atoms with Gasteiger partial charge >= 0.3 is 5.97 Å². The molecular formula is C143H192O4Si. The van der Waals surface area contributed by atoms with Crippen LogP contribution in [-0.2, 0) is 85.1 Å². The first-order chi connectivity index (χ1) is 71.9. The largest absolute Gasteiger partial charge is 0.425 e. The number of carbonyl (C=O) groups is 1. The van der Waals surface area contributed by atoms with Crippen LogP contribution in [0.25, 0.3) is 131 Å². The first kappa shape index (κ1) is 114. The molecule has 0 bridgehead atoms. The lowest BCUT2D eigenvalue weighted by Crippen LogP contribution is -2.40. The Labute approximate surface area is 899 Å². The molecule has 0 N–H and O–H groups in total. The predicted molar refractivity (Wildman–Crippen MR) is 653 cm³/mol. The lowest BCUT2D eigenvalue weighted by molar-refractivity contribution is -0.131. The summed E-state index contributed by atoms with van der Waals surface area (Å²) in [6.45, 7) is 53.2. The van der Waals surface area contributed by atoms with E-state index in [1.807, 2.05) is 0 Å². The number of hydrogen-bond acceptors (Lipinski definition) is 4. The molecule has 148 heavy (non-hydrogen) atoms. The van der Waals surface area contributed by atoms with E-state index in [0.717, 1.165) is 136 Å². The van der Waals surface area contributed by atoms with Crippen LogP contribution in [0.3, 0.4) is 0 Å². The summed E-state index contributed by atoms with van der Waals surface area (Å²) in [6, 6.07) is 79.3. The highest BCUT2D eigenvalue weighted by atomic mass is 28.4. The highest BCUT2D eigenvalue weighted by Crippen LogP contribution is 2.55. The van der Waals surface area contributed by atoms with Crippen LogP contribution in [0, 0.1) is 47.3 Å². The molecule has 0 radical (unpaired) electrons. The van der Waals surface area contributed by atoms with Gasteiger partial charge in [-0.3, -0.25) is 4.79 Å². The number of ether oxygens (including phenoxy) is 2. The van der Waals surface area contributed by atoms with Gasteiger partial charge in [-0.25, -0.2) is 0 Å². The summed E-state index contributed by atoms with van der Waals surface area (Å²) in [6.07, 6.45) is 46.1. The van der Waals surface area contributed by atoms with Gasteiger partial charge < -0.3 is 13.9 Å². The second-order valence-corrected chi connectivity index (χ2v) is 52.2. The van der Waals surface area contributed by atoms with E-state index in [0.29, 0.717) is 66.3 Å². The minimum absolute atomic E-state index is 0.0820. The number of esters is 1. The van der Waals surface area contributed by atoms with E-state index in [-0.39, 0.29) is 17.6 Å². The van der Waals surface area contributed by atoms with E-state index in [4.69, 9.17) is 13.9 Å². The van der Waals surface area contributed by atoms with Gasteiger partial charge in [-0.05, 0) is 335 Å². The molecule has 0 amide bonds. The highest BCUT2D eigenvalue weighted by molar-refractivity contribution is 6.74. The minimum Gasteiger partial charge on any atom is -0.425 e. The van der Waals surface area contributed by atoms with Crippen molar-refractivity contribution in [2.75, 3.05) is 0 Å². The Hall–Kier alpha value is -9.23. The SMILES string of the molecule is CCCCC(CC)Cc1cccc2c(-c3cc(COCc4cc(-c5c6cccc(CC(CC)CCCC)c6cc6c(CC(CC)CCCC)cccc56)c(OC(C)=O)c(-c5c6cccc(CC(CC)CCCC)c6cc6c(CC(CC)CCCC)cccc56)c4)cc(-c4c5cccc(CC(CC)CCCC)c5cc5c(CC(CC)CCCC)cccc45)c3CO[Si](C)(C)C(C)(C)C)c3cccc(CC(CC)CCCC)c3cc12. The third-order valence-corrected chi connectivity index (χ3v) is 40.5. The van der Waals surface area contributed by atoms with E-state index in [2.05, 4.69) is 339 Å². The van der Waals surface area contributed by atoms with Crippen LogP contribution in [-0.4, -0.2) is 14.3 Å². The van der Waals surface area contributed by atoms with Crippen molar-refractivity contribution < 1.29 is 18.7 Å². The molecular weight excluding hydrogens is 1810 g/mol. The molecule has 14 aromatic rings. The maximum absolute atomic E-state index is 15.3. The monoisotopic (exact) mass is 2000 g/mol. The number of unbranched alkanes of at least 4 members (excludes halogenated alkanes) is 8. The summed E-state index contributed by atoms with van der Waals surface area (Å²) < 4.78 is 23.7. The Morgan fingerprint density at radius 2 is 0.446 bits per heavy atom. The number of hydrogen-bond donors (Lipinski definition) is 0. The quantitative estimate of drug-likeness (QED) is 0.0165. The molecule has 0 saturated carbocycles. The van der Waals surface area contributed by atoms with Gasteiger partial charge in [-0.1, -0.05) is 483 Å². The topological polar surface area (TPSA) is 44.8 Å². The summed E-state index contributed by atoms with van der Waals surface area (Å²) in [4.78, 5) is 15.3. The van der Waals surface area contributed by atoms with Gasteiger partial charge in [0.2, 0.25) is 0 Å². The average molecular weight is 2000 g/mol. The van der Waals surface area contributed by atoms with Crippen LogP contribution in [0.1, 0.15) is 405 Å². The number of fused-ring (bicyclic) bond motifs is 8. The molecule has 5 heteroatoms. The fourth-order valence-electron chi connectivity index (χ4n) is 25.4. The summed E-state index contributed by atoms with van der Waals surface area (Å²) in [5, 5.41) is 20.6. The lowest BCUT2D eigenvalue weighted by atomic mass is 9.80. The molecule has 0 aliphatic heterocycles. The zero-order valence-corrected chi connectivity index (χ0v) is 97.6. The van der Waals surface area contributed by atoms with Crippen LogP contribution in [0.4, 0.5) is 0 Å². The Bertz CT molecular complexity index is 6030. The Morgan fingerprint density at radius 3 is 0.622 bits per heavy atom. The third kappa shape index (κ3) is 27.3. The molecule has 792 valence electrons. The summed E-state index contributed by atoms with van der Waals surface area (Å²) >= 11 is 0. The van der Waals surface area contributed by atoms with Crippen LogP contribution < -0.4 is 4.74 Å². The van der Waals surface area contributed by atoms with E-state index < -0.39 is 8.32 Å². The highest BCUT2D eigenvalue weighted by Gasteiger charge is 2.39. The minimum atomic E-state index is -2.54. The van der Waals surface area contributed by atoms with Crippen LogP contribution in [0.5, 0.6) is 5.75 Å². The molecule has 0 aliphatic rings. The summed E-state index contributed by atoms with van der Waals surface area (Å²) in [5.74, 6) is 4.65. The van der Waals surface area contributed by atoms with Crippen molar-refractivity contribution in [3.8, 4) is 50.3 Å². The normalized spacial score (nSPS) is 14.0. The standard InChI is InChI=1S/C143H192O4Si/c1-23-39-55-99(31-9)79-109-63-47-71-117-125(109)91-126-110(80-100(32-10)56-40-24-2)64-48-72-118(126)138(117)133-87-107(88-134(137(133)97-146-148(21,22)143(18,19)20)139-119-73-49-65-111(81-101(33-11)57-41-25-3)127(119)92-128-112(66-50-74-120(128)139)82-102(34-12)58-42-26-4)95-145-96-108-89-135(140-121-75-51-67-113(83-103(35-13)59-43-27-5)129(121)93-130-114(68-52-76-122(130)140)84-104(36-14)60-44-28-6)142(147-98(17)144)136(90-108)141-123-77-53-69-115(85-105(37-15)61-45-29-7)131(123)94-132-116(70-54-78-124(132)141)86-106(38-16)62-46-30-8/h47-54,63-78,87-94,99-106H,23-46,55-62,79-86,95-97H2,1-22H3. The molecule has 8 atom stereocenters. The van der Waals surface area contributed by atoms with Crippen molar-refractivity contribution in [2.24, 2.45) is 47.3 Å². The van der Waals surface area contributed by atoms with Gasteiger partial charge in [-0.2, -0.15) is 0 Å². The van der Waals surface area contributed by atoms with E-state index in [1.54, 1.807) is 6.92 Å². The molecule has 0 aliphatic carbocycles. The van der Waals surface area contributed by atoms with Crippen molar-refractivity contribution in [1.82, 2.24) is 0 Å². The smallest absolute Gasteiger partial charge is 0.308 e. The van der Waals surface area contributed by atoms with Gasteiger partial charge in [0.25, 0.3) is 0 Å². The fraction of sp³-hybridized carbons (Fsp3) is 0.517. The second-order valence-electron chi connectivity index (χ2n) is 47.4. The Morgan fingerprint density at radius 1 is 0.257 bits per heavy atom. The van der Waals surface area contributed by atoms with E-state index >= 15 is 4.79 Å². The van der Waals surface area contributed by atoms with Crippen LogP contribution in [0.2, 0.25) is 18.1 Å². The number of carbonyl (C=O) groups excluding carboxylic acids is 1. The second kappa shape index (κ2) is 55.4. The lowest BCUT2D eigenvalue weighted by Gasteiger charge is -2.37. The fourth-order valence-corrected chi connectivity index (χ4v) is 26.3. The van der Waals surface area contributed by atoms with Crippen molar-refractivity contribution in [2.45, 2.75) is 433 Å². The van der Waals surface area contributed by atoms with Gasteiger partial charge in [0.15, 0.2) is 8.32 Å². The zero-order chi connectivity index (χ0) is 105. The van der Waals surface area contributed by atoms with Gasteiger partial charge in [0, 0.05) is 29.2 Å². The molecule has 0 spiro atoms. The molecule has 0 saturated heterocycles.